The number of aliphatic carboxylic acids is 1. The van der Waals surface area contributed by atoms with Gasteiger partial charge in [0.2, 0.25) is 0 Å². The van der Waals surface area contributed by atoms with Gasteiger partial charge in [0.1, 0.15) is 6.10 Å². The van der Waals surface area contributed by atoms with Crippen LogP contribution in [0.25, 0.3) is 0 Å². The van der Waals surface area contributed by atoms with Gasteiger partial charge in [-0.25, -0.2) is 0 Å². The molecule has 0 unspecified atom stereocenters. The summed E-state index contributed by atoms with van der Waals surface area (Å²) in [4.78, 5) is 11.0. The highest BCUT2D eigenvalue weighted by Gasteiger charge is 2.64. The first kappa shape index (κ1) is 20.7. The minimum absolute atomic E-state index is 0.0918. The van der Waals surface area contributed by atoms with Gasteiger partial charge in [-0.15, -0.1) is 0 Å². The molecule has 8 atom stereocenters. The predicted octanol–water partition coefficient (Wildman–Crippen LogP) is 2.81. The molecule has 2 saturated carbocycles. The molecule has 0 aromatic rings. The van der Waals surface area contributed by atoms with Gasteiger partial charge in [-0.05, 0) is 62.2 Å². The largest absolute Gasteiger partial charge is 0.481 e. The highest BCUT2D eigenvalue weighted by atomic mass is 16.4. The van der Waals surface area contributed by atoms with Crippen LogP contribution in [-0.4, -0.2) is 44.2 Å². The van der Waals surface area contributed by atoms with Crippen molar-refractivity contribution >= 4 is 5.97 Å². The Balaban J connectivity index is 2.28. The van der Waals surface area contributed by atoms with Crippen LogP contribution in [0.4, 0.5) is 0 Å². The van der Waals surface area contributed by atoms with Crippen LogP contribution in [0.5, 0.6) is 0 Å². The number of rotatable bonds is 5. The molecule has 2 aliphatic carbocycles. The predicted molar refractivity (Wildman–Crippen MR) is 96.0 cm³/mol. The Labute approximate surface area is 151 Å². The van der Waals surface area contributed by atoms with Crippen molar-refractivity contribution < 1.29 is 25.2 Å². The molecule has 5 heteroatoms. The SMILES string of the molecule is C[C@H](CC[C@@]1(C)[C@H](C)CC[C@]2(C)[C@@H]1C[C@@H](O)[C@@H](O)[C@]2(C)O)CC(=O)O. The van der Waals surface area contributed by atoms with Crippen LogP contribution >= 0.6 is 0 Å². The molecule has 0 spiro atoms. The molecule has 2 aliphatic rings. The Morgan fingerprint density at radius 3 is 2.40 bits per heavy atom. The summed E-state index contributed by atoms with van der Waals surface area (Å²) >= 11 is 0. The third-order valence-electron chi connectivity index (χ3n) is 8.06. The monoisotopic (exact) mass is 356 g/mol. The number of carboxylic acids is 1. The summed E-state index contributed by atoms with van der Waals surface area (Å²) < 4.78 is 0. The average molecular weight is 357 g/mol. The molecule has 146 valence electrons. The summed E-state index contributed by atoms with van der Waals surface area (Å²) in [5.41, 5.74) is -1.88. The number of fused-ring (bicyclic) bond motifs is 1. The molecule has 0 aromatic carbocycles. The molecule has 25 heavy (non-hydrogen) atoms. The minimum atomic E-state index is -1.33. The van der Waals surface area contributed by atoms with Gasteiger partial charge in [-0.3, -0.25) is 4.79 Å². The summed E-state index contributed by atoms with van der Waals surface area (Å²) in [5.74, 6) is -0.136. The van der Waals surface area contributed by atoms with Crippen LogP contribution in [0.2, 0.25) is 0 Å². The van der Waals surface area contributed by atoms with Crippen LogP contribution in [0.1, 0.15) is 73.1 Å². The quantitative estimate of drug-likeness (QED) is 0.607. The van der Waals surface area contributed by atoms with Crippen molar-refractivity contribution in [1.29, 1.82) is 0 Å². The number of aliphatic hydroxyl groups excluding tert-OH is 2. The zero-order valence-electron chi connectivity index (χ0n) is 16.3. The van der Waals surface area contributed by atoms with Crippen LogP contribution in [0.15, 0.2) is 0 Å². The van der Waals surface area contributed by atoms with E-state index in [4.69, 9.17) is 5.11 Å². The Morgan fingerprint density at radius 2 is 1.84 bits per heavy atom. The summed E-state index contributed by atoms with van der Waals surface area (Å²) in [6.07, 6.45) is 2.10. The van der Waals surface area contributed by atoms with Crippen molar-refractivity contribution in [2.45, 2.75) is 91.0 Å². The lowest BCUT2D eigenvalue weighted by molar-refractivity contribution is -0.264. The Hall–Kier alpha value is -0.650. The van der Waals surface area contributed by atoms with E-state index in [0.717, 1.165) is 25.7 Å². The standard InChI is InChI=1S/C20H36O5/c1-12(10-16(22)23)6-8-18(3)13(2)7-9-19(4)15(18)11-14(21)17(24)20(19,5)25/h12-15,17,21,24-25H,6-11H2,1-5H3,(H,22,23)/t12-,13-,14-,15-,17-,18+,19-,20+/m1/s1. The third-order valence-corrected chi connectivity index (χ3v) is 8.06. The second-order valence-corrected chi connectivity index (χ2v) is 9.55. The van der Waals surface area contributed by atoms with Gasteiger partial charge in [0.15, 0.2) is 0 Å². The van der Waals surface area contributed by atoms with Gasteiger partial charge in [-0.2, -0.15) is 0 Å². The molecule has 0 radical (unpaired) electrons. The first-order valence-electron chi connectivity index (χ1n) is 9.66. The normalized spacial score (nSPS) is 48.6. The van der Waals surface area contributed by atoms with Gasteiger partial charge < -0.3 is 20.4 Å². The van der Waals surface area contributed by atoms with E-state index >= 15 is 0 Å². The summed E-state index contributed by atoms with van der Waals surface area (Å²) in [5, 5.41) is 40.9. The summed E-state index contributed by atoms with van der Waals surface area (Å²) in [6.45, 7) is 10.1. The highest BCUT2D eigenvalue weighted by molar-refractivity contribution is 5.66. The van der Waals surface area contributed by atoms with Crippen molar-refractivity contribution in [2.75, 3.05) is 0 Å². The van der Waals surface area contributed by atoms with E-state index in [1.807, 2.05) is 6.92 Å². The zero-order valence-corrected chi connectivity index (χ0v) is 16.3. The maximum absolute atomic E-state index is 11.1. The van der Waals surface area contributed by atoms with Crippen LogP contribution in [0, 0.1) is 28.6 Å². The number of hydrogen-bond acceptors (Lipinski definition) is 4. The van der Waals surface area contributed by atoms with Crippen LogP contribution in [0.3, 0.4) is 0 Å². The molecule has 0 heterocycles. The molecule has 5 nitrogen and oxygen atoms in total. The molecular formula is C20H36O5. The Kier molecular flexibility index (Phi) is 5.64. The highest BCUT2D eigenvalue weighted by Crippen LogP contribution is 2.64. The second kappa shape index (κ2) is 6.82. The van der Waals surface area contributed by atoms with Gasteiger partial charge >= 0.3 is 5.97 Å². The van der Waals surface area contributed by atoms with Crippen molar-refractivity contribution in [3.05, 3.63) is 0 Å². The molecule has 0 aromatic heterocycles. The van der Waals surface area contributed by atoms with E-state index in [2.05, 4.69) is 20.8 Å². The van der Waals surface area contributed by atoms with Crippen molar-refractivity contribution in [2.24, 2.45) is 28.6 Å². The van der Waals surface area contributed by atoms with Gasteiger partial charge in [0, 0.05) is 11.8 Å². The smallest absolute Gasteiger partial charge is 0.303 e. The molecular weight excluding hydrogens is 320 g/mol. The maximum atomic E-state index is 11.1. The van der Waals surface area contributed by atoms with Crippen LogP contribution < -0.4 is 0 Å². The first-order chi connectivity index (χ1) is 11.4. The lowest BCUT2D eigenvalue weighted by atomic mass is 9.42. The Morgan fingerprint density at radius 1 is 1.24 bits per heavy atom. The van der Waals surface area contributed by atoms with E-state index in [-0.39, 0.29) is 23.7 Å². The number of aliphatic hydroxyl groups is 3. The van der Waals surface area contributed by atoms with Gasteiger partial charge in [-0.1, -0.05) is 27.7 Å². The minimum Gasteiger partial charge on any atom is -0.481 e. The molecule has 0 amide bonds. The maximum Gasteiger partial charge on any atom is 0.303 e. The van der Waals surface area contributed by atoms with Crippen molar-refractivity contribution in [3.63, 3.8) is 0 Å². The molecule has 0 aliphatic heterocycles. The van der Waals surface area contributed by atoms with E-state index in [0.29, 0.717) is 12.3 Å². The summed E-state index contributed by atoms with van der Waals surface area (Å²) in [7, 11) is 0. The topological polar surface area (TPSA) is 98.0 Å². The van der Waals surface area contributed by atoms with E-state index < -0.39 is 29.2 Å². The number of carboxylic acid groups (broad SMARTS) is 1. The molecule has 0 bridgehead atoms. The van der Waals surface area contributed by atoms with Crippen molar-refractivity contribution in [1.82, 2.24) is 0 Å². The molecule has 2 rings (SSSR count). The molecule has 4 N–H and O–H groups in total. The van der Waals surface area contributed by atoms with Gasteiger partial charge in [0.25, 0.3) is 0 Å². The first-order valence-corrected chi connectivity index (χ1v) is 9.66. The number of carbonyl (C=O) groups is 1. The van der Waals surface area contributed by atoms with E-state index in [9.17, 15) is 20.1 Å². The molecule has 0 saturated heterocycles. The number of hydrogen-bond donors (Lipinski definition) is 4. The van der Waals surface area contributed by atoms with E-state index in [1.54, 1.807) is 6.92 Å². The average Bonchev–Trinajstić information content (AvgIpc) is 2.50. The zero-order chi connectivity index (χ0) is 19.2. The van der Waals surface area contributed by atoms with E-state index in [1.165, 1.54) is 0 Å². The van der Waals surface area contributed by atoms with Crippen molar-refractivity contribution in [3.8, 4) is 0 Å². The van der Waals surface area contributed by atoms with Gasteiger partial charge in [0.05, 0.1) is 11.7 Å². The molecule has 2 fully saturated rings. The summed E-state index contributed by atoms with van der Waals surface area (Å²) in [6, 6.07) is 0. The lowest BCUT2D eigenvalue weighted by Gasteiger charge is -2.64. The van der Waals surface area contributed by atoms with Crippen LogP contribution in [-0.2, 0) is 4.79 Å². The second-order valence-electron chi connectivity index (χ2n) is 9.55. The fraction of sp³-hybridized carbons (Fsp3) is 0.950. The Bertz CT molecular complexity index is 504. The third kappa shape index (κ3) is 3.35. The fourth-order valence-electron chi connectivity index (χ4n) is 5.69. The lowest BCUT2D eigenvalue weighted by Crippen LogP contribution is -2.68. The fourth-order valence-corrected chi connectivity index (χ4v) is 5.69.